The number of aryl methyl sites for hydroxylation is 1. The summed E-state index contributed by atoms with van der Waals surface area (Å²) in [6.07, 6.45) is 0. The normalized spacial score (nSPS) is 10.9. The van der Waals surface area contributed by atoms with E-state index in [1.165, 1.54) is 0 Å². The van der Waals surface area contributed by atoms with Gasteiger partial charge in [0.05, 0.1) is 13.2 Å². The van der Waals surface area contributed by atoms with E-state index in [4.69, 9.17) is 19.6 Å². The molecular weight excluding hydrogens is 475 g/mol. The van der Waals surface area contributed by atoms with Crippen LogP contribution in [-0.2, 0) is 17.8 Å². The highest BCUT2D eigenvalue weighted by Gasteiger charge is 2.09. The third-order valence-corrected chi connectivity index (χ3v) is 3.77. The van der Waals surface area contributed by atoms with E-state index in [-0.39, 0.29) is 29.7 Å². The van der Waals surface area contributed by atoms with Crippen LogP contribution in [0.15, 0.2) is 39.7 Å². The summed E-state index contributed by atoms with van der Waals surface area (Å²) in [4.78, 5) is 15.3. The number of halogens is 1. The number of carbonyl (C=O) groups is 1. The molecule has 4 N–H and O–H groups in total. The lowest BCUT2D eigenvalue weighted by Crippen LogP contribution is -2.36. The number of nitrogens with two attached hydrogens (primary N) is 1. The zero-order chi connectivity index (χ0) is 19.6. The summed E-state index contributed by atoms with van der Waals surface area (Å²) in [5, 5.41) is 6.35. The van der Waals surface area contributed by atoms with E-state index in [9.17, 15) is 4.79 Å². The van der Waals surface area contributed by atoms with Crippen molar-refractivity contribution in [3.8, 4) is 5.75 Å². The molecule has 0 aliphatic carbocycles. The Morgan fingerprint density at radius 3 is 2.57 bits per heavy atom. The van der Waals surface area contributed by atoms with Gasteiger partial charge in [0.1, 0.15) is 18.1 Å². The number of aliphatic imine (C=N–C) groups is 1. The fourth-order valence-electron chi connectivity index (χ4n) is 2.35. The fraction of sp³-hybridized carbons (Fsp3) is 0.368. The van der Waals surface area contributed by atoms with Crippen molar-refractivity contribution in [3.63, 3.8) is 0 Å². The van der Waals surface area contributed by atoms with E-state index < -0.39 is 5.91 Å². The highest BCUT2D eigenvalue weighted by molar-refractivity contribution is 14.0. The van der Waals surface area contributed by atoms with E-state index >= 15 is 0 Å². The van der Waals surface area contributed by atoms with E-state index in [1.54, 1.807) is 26.3 Å². The van der Waals surface area contributed by atoms with Gasteiger partial charge in [-0.2, -0.15) is 0 Å². The van der Waals surface area contributed by atoms with Gasteiger partial charge in [0.25, 0.3) is 5.91 Å². The van der Waals surface area contributed by atoms with Gasteiger partial charge in [-0.25, -0.2) is 0 Å². The molecule has 28 heavy (non-hydrogen) atoms. The average Bonchev–Trinajstić information content (AvgIpc) is 3.13. The second-order valence-corrected chi connectivity index (χ2v) is 5.86. The summed E-state index contributed by atoms with van der Waals surface area (Å²) in [6, 6.07) is 9.29. The van der Waals surface area contributed by atoms with E-state index in [1.807, 2.05) is 25.1 Å². The van der Waals surface area contributed by atoms with Gasteiger partial charge in [-0.05, 0) is 30.7 Å². The van der Waals surface area contributed by atoms with E-state index in [2.05, 4.69) is 15.6 Å². The first kappa shape index (κ1) is 23.8. The second-order valence-electron chi connectivity index (χ2n) is 5.86. The van der Waals surface area contributed by atoms with E-state index in [0.717, 1.165) is 16.9 Å². The second kappa shape index (κ2) is 12.2. The minimum absolute atomic E-state index is 0. The average molecular weight is 502 g/mol. The first-order chi connectivity index (χ1) is 13.0. The van der Waals surface area contributed by atoms with Crippen LogP contribution >= 0.6 is 24.0 Å². The number of nitrogens with one attached hydrogen (secondary N) is 2. The van der Waals surface area contributed by atoms with Gasteiger partial charge in [-0.1, -0.05) is 12.1 Å². The van der Waals surface area contributed by atoms with Crippen molar-refractivity contribution in [1.82, 2.24) is 10.6 Å². The Balaban J connectivity index is 0.00000392. The SMILES string of the molecule is CN=C(NCc1ccc(C(N)=O)o1)NCc1ccc(C)cc1OCCOC.I. The monoisotopic (exact) mass is 502 g/mol. The molecule has 0 fully saturated rings. The maximum atomic E-state index is 11.1. The largest absolute Gasteiger partial charge is 0.491 e. The van der Waals surface area contributed by atoms with Crippen molar-refractivity contribution in [1.29, 1.82) is 0 Å². The summed E-state index contributed by atoms with van der Waals surface area (Å²) >= 11 is 0. The summed E-state index contributed by atoms with van der Waals surface area (Å²) < 4.78 is 16.2. The van der Waals surface area contributed by atoms with Crippen LogP contribution in [0.25, 0.3) is 0 Å². The molecule has 1 heterocycles. The standard InChI is InChI=1S/C19H26N4O4.HI/c1-13-4-5-14(17(10-13)26-9-8-25-3)11-22-19(21-2)23-12-15-6-7-16(27-15)18(20)24;/h4-7,10H,8-9,11-12H2,1-3H3,(H2,20,24)(H2,21,22,23);1H. The van der Waals surface area contributed by atoms with Gasteiger partial charge >= 0.3 is 0 Å². The van der Waals surface area contributed by atoms with Crippen molar-refractivity contribution in [2.75, 3.05) is 27.4 Å². The lowest BCUT2D eigenvalue weighted by molar-refractivity contribution is 0.0972. The number of ether oxygens (including phenoxy) is 2. The van der Waals surface area contributed by atoms with Gasteiger partial charge in [0.15, 0.2) is 11.7 Å². The third kappa shape index (κ3) is 7.39. The molecule has 154 valence electrons. The number of hydrogen-bond donors (Lipinski definition) is 3. The zero-order valence-electron chi connectivity index (χ0n) is 16.3. The predicted molar refractivity (Wildman–Crippen MR) is 118 cm³/mol. The van der Waals surface area contributed by atoms with Gasteiger partial charge in [0.2, 0.25) is 0 Å². The molecule has 0 atom stereocenters. The Hall–Kier alpha value is -2.27. The van der Waals surface area contributed by atoms with E-state index in [0.29, 0.717) is 38.0 Å². The summed E-state index contributed by atoms with van der Waals surface area (Å²) in [5.41, 5.74) is 7.31. The molecule has 1 amide bonds. The number of guanidine groups is 1. The number of furan rings is 1. The highest BCUT2D eigenvalue weighted by atomic mass is 127. The summed E-state index contributed by atoms with van der Waals surface area (Å²) in [7, 11) is 3.32. The lowest BCUT2D eigenvalue weighted by Gasteiger charge is -2.15. The molecule has 0 unspecified atom stereocenters. The smallest absolute Gasteiger partial charge is 0.284 e. The maximum absolute atomic E-state index is 11.1. The Labute approximate surface area is 181 Å². The molecule has 0 saturated heterocycles. The first-order valence-corrected chi connectivity index (χ1v) is 8.57. The number of hydrogen-bond acceptors (Lipinski definition) is 5. The Morgan fingerprint density at radius 1 is 1.18 bits per heavy atom. The van der Waals surface area contributed by atoms with Crippen LogP contribution in [0.3, 0.4) is 0 Å². The van der Waals surface area contributed by atoms with Gasteiger partial charge in [-0.3, -0.25) is 9.79 Å². The minimum atomic E-state index is -0.593. The zero-order valence-corrected chi connectivity index (χ0v) is 18.6. The molecule has 0 bridgehead atoms. The number of rotatable bonds is 9. The van der Waals surface area contributed by atoms with Crippen LogP contribution in [0.1, 0.15) is 27.4 Å². The van der Waals surface area contributed by atoms with Gasteiger partial charge < -0.3 is 30.3 Å². The highest BCUT2D eigenvalue weighted by Crippen LogP contribution is 2.20. The molecule has 1 aromatic heterocycles. The van der Waals surface area contributed by atoms with Crippen molar-refractivity contribution in [2.45, 2.75) is 20.0 Å². The lowest BCUT2D eigenvalue weighted by atomic mass is 10.1. The van der Waals surface area contributed by atoms with Crippen LogP contribution in [0, 0.1) is 6.92 Å². The number of benzene rings is 1. The Kier molecular flexibility index (Phi) is 10.4. The third-order valence-electron chi connectivity index (χ3n) is 3.77. The van der Waals surface area contributed by atoms with Crippen molar-refractivity contribution < 1.29 is 18.7 Å². The van der Waals surface area contributed by atoms with Crippen LogP contribution in [-0.4, -0.2) is 39.2 Å². The van der Waals surface area contributed by atoms with Crippen molar-refractivity contribution in [3.05, 3.63) is 53.0 Å². The molecule has 8 nitrogen and oxygen atoms in total. The molecule has 0 radical (unpaired) electrons. The topological polar surface area (TPSA) is 111 Å². The molecule has 1 aromatic carbocycles. The predicted octanol–water partition coefficient (Wildman–Crippen LogP) is 2.20. The Bertz CT molecular complexity index is 792. The molecular formula is C19H27IN4O4. The van der Waals surface area contributed by atoms with Crippen LogP contribution < -0.4 is 21.1 Å². The van der Waals surface area contributed by atoms with Gasteiger partial charge in [-0.15, -0.1) is 24.0 Å². The number of amides is 1. The first-order valence-electron chi connectivity index (χ1n) is 8.57. The summed E-state index contributed by atoms with van der Waals surface area (Å²) in [6.45, 7) is 3.94. The molecule has 0 aliphatic rings. The molecule has 2 rings (SSSR count). The molecule has 2 aromatic rings. The minimum Gasteiger partial charge on any atom is -0.491 e. The van der Waals surface area contributed by atoms with Crippen LogP contribution in [0.4, 0.5) is 0 Å². The van der Waals surface area contributed by atoms with Crippen molar-refractivity contribution >= 4 is 35.8 Å². The number of carbonyl (C=O) groups excluding carboxylic acids is 1. The van der Waals surface area contributed by atoms with Gasteiger partial charge in [0, 0.05) is 26.3 Å². The Morgan fingerprint density at radius 2 is 1.93 bits per heavy atom. The number of methoxy groups -OCH3 is 1. The van der Waals surface area contributed by atoms with Crippen LogP contribution in [0.2, 0.25) is 0 Å². The quantitative estimate of drug-likeness (QED) is 0.210. The molecule has 0 aliphatic heterocycles. The van der Waals surface area contributed by atoms with Crippen molar-refractivity contribution in [2.24, 2.45) is 10.7 Å². The summed E-state index contributed by atoms with van der Waals surface area (Å²) in [5.74, 6) is 1.53. The molecule has 0 spiro atoms. The fourth-order valence-corrected chi connectivity index (χ4v) is 2.35. The molecule has 9 heteroatoms. The maximum Gasteiger partial charge on any atom is 0.284 e. The molecule has 0 saturated carbocycles. The number of primary amides is 1. The van der Waals surface area contributed by atoms with Crippen LogP contribution in [0.5, 0.6) is 5.75 Å². The number of nitrogens with zero attached hydrogens (tertiary/aromatic N) is 1.